The first-order valence-corrected chi connectivity index (χ1v) is 8.51. The van der Waals surface area contributed by atoms with E-state index in [1.54, 1.807) is 13.0 Å². The van der Waals surface area contributed by atoms with Crippen LogP contribution in [0.5, 0.6) is 0 Å². The molecular weight excluding hydrogens is 342 g/mol. The van der Waals surface area contributed by atoms with Crippen LogP contribution in [0.15, 0.2) is 23.4 Å². The lowest BCUT2D eigenvalue weighted by atomic mass is 10.3. The molecule has 2 N–H and O–H groups in total. The largest absolute Gasteiger partial charge is 0.301 e. The highest BCUT2D eigenvalue weighted by Crippen LogP contribution is 2.29. The molecule has 1 aromatic carbocycles. The molecule has 0 bridgehead atoms. The normalized spacial score (nSPS) is 12.5. The number of anilines is 1. The van der Waals surface area contributed by atoms with Crippen molar-refractivity contribution in [1.82, 2.24) is 20.2 Å². The van der Waals surface area contributed by atoms with Crippen LogP contribution in [0.3, 0.4) is 0 Å². The van der Waals surface area contributed by atoms with Gasteiger partial charge in [0.1, 0.15) is 5.82 Å². The Hall–Kier alpha value is -1.64. The summed E-state index contributed by atoms with van der Waals surface area (Å²) in [5, 5.41) is 11.0. The number of hydrogen-bond donors (Lipinski definition) is 2. The number of halogens is 1. The SMILES string of the molecule is Cc1nc(S[C@@H](C)C(=O)Nc2nc3ccc(Cl)cc3s2)n[nH]1. The maximum Gasteiger partial charge on any atom is 0.239 e. The summed E-state index contributed by atoms with van der Waals surface area (Å²) in [5.74, 6) is 0.579. The van der Waals surface area contributed by atoms with Gasteiger partial charge in [-0.05, 0) is 32.0 Å². The van der Waals surface area contributed by atoms with Gasteiger partial charge >= 0.3 is 0 Å². The number of H-pyrrole nitrogens is 1. The molecule has 0 aliphatic carbocycles. The molecule has 6 nitrogen and oxygen atoms in total. The average Bonchev–Trinajstić information content (AvgIpc) is 3.04. The maximum absolute atomic E-state index is 12.2. The number of nitrogens with one attached hydrogen (secondary N) is 2. The molecule has 3 aromatic rings. The number of thiazole rings is 1. The van der Waals surface area contributed by atoms with E-state index < -0.39 is 0 Å². The summed E-state index contributed by atoms with van der Waals surface area (Å²) in [4.78, 5) is 20.8. The molecule has 3 rings (SSSR count). The molecule has 9 heteroatoms. The maximum atomic E-state index is 12.2. The smallest absolute Gasteiger partial charge is 0.239 e. The van der Waals surface area contributed by atoms with Crippen LogP contribution < -0.4 is 5.32 Å². The molecule has 0 spiro atoms. The predicted octanol–water partition coefficient (Wildman–Crippen LogP) is 3.50. The summed E-state index contributed by atoms with van der Waals surface area (Å²) in [7, 11) is 0. The Bertz CT molecular complexity index is 831. The van der Waals surface area contributed by atoms with Gasteiger partial charge in [-0.25, -0.2) is 9.97 Å². The van der Waals surface area contributed by atoms with Crippen molar-refractivity contribution in [2.45, 2.75) is 24.3 Å². The number of benzene rings is 1. The standard InChI is InChI=1S/C13H12ClN5OS2/c1-6(21-13-15-7(2)18-19-13)11(20)17-12-16-9-4-3-8(14)5-10(9)22-12/h3-6H,1-2H3,(H,15,18,19)(H,16,17,20)/t6-/m0/s1. The third-order valence-electron chi connectivity index (χ3n) is 2.81. The quantitative estimate of drug-likeness (QED) is 0.701. The van der Waals surface area contributed by atoms with Gasteiger partial charge in [-0.15, -0.1) is 5.10 Å². The van der Waals surface area contributed by atoms with Crippen LogP contribution in [-0.4, -0.2) is 31.3 Å². The predicted molar refractivity (Wildman–Crippen MR) is 89.7 cm³/mol. The number of fused-ring (bicyclic) bond motifs is 1. The average molecular weight is 354 g/mol. The highest BCUT2D eigenvalue weighted by Gasteiger charge is 2.18. The minimum atomic E-state index is -0.328. The second-order valence-electron chi connectivity index (χ2n) is 4.58. The van der Waals surface area contributed by atoms with E-state index in [9.17, 15) is 4.79 Å². The van der Waals surface area contributed by atoms with Gasteiger partial charge in [0.2, 0.25) is 11.1 Å². The van der Waals surface area contributed by atoms with Gasteiger partial charge in [0.15, 0.2) is 5.13 Å². The fourth-order valence-corrected chi connectivity index (χ4v) is 3.66. The molecular formula is C13H12ClN5OS2. The second-order valence-corrected chi connectivity index (χ2v) is 7.36. The number of carbonyl (C=O) groups is 1. The zero-order valence-electron chi connectivity index (χ0n) is 11.8. The van der Waals surface area contributed by atoms with E-state index in [0.717, 1.165) is 16.0 Å². The number of aromatic nitrogens is 4. The van der Waals surface area contributed by atoms with Crippen molar-refractivity contribution in [3.05, 3.63) is 29.0 Å². The number of amides is 1. The van der Waals surface area contributed by atoms with Crippen LogP contribution in [0.1, 0.15) is 12.7 Å². The molecule has 0 fully saturated rings. The fraction of sp³-hybridized carbons (Fsp3) is 0.231. The monoisotopic (exact) mass is 353 g/mol. The Morgan fingerprint density at radius 2 is 2.27 bits per heavy atom. The molecule has 0 aliphatic rings. The first-order chi connectivity index (χ1) is 10.5. The Kier molecular flexibility index (Phi) is 4.32. The molecule has 2 heterocycles. The number of aromatic amines is 1. The van der Waals surface area contributed by atoms with Gasteiger partial charge in [-0.1, -0.05) is 34.7 Å². The minimum absolute atomic E-state index is 0.141. The Morgan fingerprint density at radius 1 is 1.45 bits per heavy atom. The number of nitrogens with zero attached hydrogens (tertiary/aromatic N) is 3. The molecule has 0 radical (unpaired) electrons. The van der Waals surface area contributed by atoms with E-state index in [4.69, 9.17) is 11.6 Å². The van der Waals surface area contributed by atoms with Gasteiger partial charge in [0, 0.05) is 5.02 Å². The molecule has 0 aliphatic heterocycles. The van der Waals surface area contributed by atoms with Gasteiger partial charge in [0.25, 0.3) is 0 Å². The highest BCUT2D eigenvalue weighted by molar-refractivity contribution is 8.00. The number of thioether (sulfide) groups is 1. The lowest BCUT2D eigenvalue weighted by molar-refractivity contribution is -0.115. The van der Waals surface area contributed by atoms with Crippen LogP contribution in [0.4, 0.5) is 5.13 Å². The summed E-state index contributed by atoms with van der Waals surface area (Å²) in [6, 6.07) is 5.44. The first kappa shape index (κ1) is 15.3. The fourth-order valence-electron chi connectivity index (χ4n) is 1.75. The van der Waals surface area contributed by atoms with Gasteiger partial charge < -0.3 is 5.32 Å². The zero-order chi connectivity index (χ0) is 15.7. The van der Waals surface area contributed by atoms with Crippen LogP contribution in [0.2, 0.25) is 5.02 Å². The van der Waals surface area contributed by atoms with Crippen molar-refractivity contribution in [2.24, 2.45) is 0 Å². The van der Waals surface area contributed by atoms with Crippen LogP contribution in [-0.2, 0) is 4.79 Å². The number of rotatable bonds is 4. The third kappa shape index (κ3) is 3.40. The molecule has 114 valence electrons. The van der Waals surface area contributed by atoms with E-state index in [2.05, 4.69) is 25.5 Å². The molecule has 0 saturated carbocycles. The lowest BCUT2D eigenvalue weighted by Gasteiger charge is -2.07. The Balaban J connectivity index is 1.69. The van der Waals surface area contributed by atoms with E-state index >= 15 is 0 Å². The summed E-state index contributed by atoms with van der Waals surface area (Å²) < 4.78 is 0.938. The lowest BCUT2D eigenvalue weighted by Crippen LogP contribution is -2.22. The van der Waals surface area contributed by atoms with E-state index in [0.29, 0.717) is 15.3 Å². The minimum Gasteiger partial charge on any atom is -0.301 e. The number of carbonyl (C=O) groups excluding carboxylic acids is 1. The number of aryl methyl sites for hydroxylation is 1. The van der Waals surface area contributed by atoms with E-state index in [-0.39, 0.29) is 11.2 Å². The van der Waals surface area contributed by atoms with Crippen molar-refractivity contribution in [2.75, 3.05) is 5.32 Å². The molecule has 0 saturated heterocycles. The summed E-state index contributed by atoms with van der Waals surface area (Å²) in [6.45, 7) is 3.62. The van der Waals surface area contributed by atoms with Gasteiger partial charge in [-0.2, -0.15) is 0 Å². The van der Waals surface area contributed by atoms with Crippen molar-refractivity contribution in [1.29, 1.82) is 0 Å². The molecule has 22 heavy (non-hydrogen) atoms. The zero-order valence-corrected chi connectivity index (χ0v) is 14.1. The van der Waals surface area contributed by atoms with Crippen LogP contribution >= 0.6 is 34.7 Å². The van der Waals surface area contributed by atoms with E-state index in [1.807, 2.05) is 19.1 Å². The molecule has 2 aromatic heterocycles. The first-order valence-electron chi connectivity index (χ1n) is 6.44. The topological polar surface area (TPSA) is 83.6 Å². The molecule has 1 atom stereocenters. The molecule has 1 amide bonds. The Morgan fingerprint density at radius 3 is 3.00 bits per heavy atom. The summed E-state index contributed by atoms with van der Waals surface area (Å²) in [5.41, 5.74) is 0.814. The van der Waals surface area contributed by atoms with Gasteiger partial charge in [-0.3, -0.25) is 9.89 Å². The van der Waals surface area contributed by atoms with E-state index in [1.165, 1.54) is 23.1 Å². The highest BCUT2D eigenvalue weighted by atomic mass is 35.5. The van der Waals surface area contributed by atoms with Crippen molar-refractivity contribution in [3.8, 4) is 0 Å². The summed E-state index contributed by atoms with van der Waals surface area (Å²) >= 11 is 8.63. The number of hydrogen-bond acceptors (Lipinski definition) is 6. The van der Waals surface area contributed by atoms with Crippen molar-refractivity contribution >= 4 is 56.0 Å². The second kappa shape index (κ2) is 6.23. The Labute approximate surface area is 139 Å². The van der Waals surface area contributed by atoms with Crippen molar-refractivity contribution in [3.63, 3.8) is 0 Å². The van der Waals surface area contributed by atoms with Crippen molar-refractivity contribution < 1.29 is 4.79 Å². The molecule has 0 unspecified atom stereocenters. The van der Waals surface area contributed by atoms with Crippen LogP contribution in [0, 0.1) is 6.92 Å². The third-order valence-corrected chi connectivity index (χ3v) is 4.94. The van der Waals surface area contributed by atoms with Crippen LogP contribution in [0.25, 0.3) is 10.2 Å². The van der Waals surface area contributed by atoms with Gasteiger partial charge in [0.05, 0.1) is 15.5 Å². The summed E-state index contributed by atoms with van der Waals surface area (Å²) in [6.07, 6.45) is 0.